The van der Waals surface area contributed by atoms with Crippen molar-refractivity contribution in [3.63, 3.8) is 0 Å². The Morgan fingerprint density at radius 1 is 0.941 bits per heavy atom. The van der Waals surface area contributed by atoms with Crippen LogP contribution in [0.3, 0.4) is 0 Å². The van der Waals surface area contributed by atoms with Crippen LogP contribution in [0.1, 0.15) is 53.5 Å². The Hall–Kier alpha value is -1.04. The van der Waals surface area contributed by atoms with Crippen LogP contribution in [0, 0.1) is 34.3 Å². The number of hydrogen-bond acceptors (Lipinski definition) is 0. The van der Waals surface area contributed by atoms with Crippen LogP contribution in [0.2, 0.25) is 0 Å². The number of aryl methyl sites for hydroxylation is 2. The largest absolute Gasteiger partial charge is 0.0845 e. The highest BCUT2D eigenvalue weighted by molar-refractivity contribution is 5.43. The maximum atomic E-state index is 5.38. The third-order valence-electron chi connectivity index (χ3n) is 3.81. The van der Waals surface area contributed by atoms with E-state index < -0.39 is 0 Å². The zero-order valence-corrected chi connectivity index (χ0v) is 11.8. The van der Waals surface area contributed by atoms with Crippen LogP contribution in [0.4, 0.5) is 0 Å². The highest BCUT2D eigenvalue weighted by atomic mass is 14.1. The summed E-state index contributed by atoms with van der Waals surface area (Å²) in [6.45, 7) is 14.3. The van der Waals surface area contributed by atoms with Gasteiger partial charge in [-0.1, -0.05) is 25.1 Å². The lowest BCUT2D eigenvalue weighted by Gasteiger charge is -2.15. The van der Waals surface area contributed by atoms with E-state index in [0.717, 1.165) is 6.42 Å². The van der Waals surface area contributed by atoms with E-state index in [2.05, 4.69) is 33.8 Å². The molecule has 1 aromatic rings. The van der Waals surface area contributed by atoms with E-state index in [0.29, 0.717) is 0 Å². The quantitative estimate of drug-likeness (QED) is 0.601. The van der Waals surface area contributed by atoms with Crippen LogP contribution < -0.4 is 0 Å². The lowest BCUT2D eigenvalue weighted by atomic mass is 9.91. The minimum atomic E-state index is 1.05. The second kappa shape index (κ2) is 6.64. The molecule has 0 atom stereocenters. The van der Waals surface area contributed by atoms with Gasteiger partial charge in [0.2, 0.25) is 0 Å². The van der Waals surface area contributed by atoms with E-state index in [1.807, 2.05) is 0 Å². The average molecular weight is 229 g/mol. The van der Waals surface area contributed by atoms with Crippen LogP contribution in [-0.2, 0) is 6.42 Å². The van der Waals surface area contributed by atoms with E-state index in [1.54, 1.807) is 11.6 Å². The van der Waals surface area contributed by atoms with Crippen molar-refractivity contribution in [2.24, 2.45) is 0 Å². The first-order valence-electron chi connectivity index (χ1n) is 6.67. The summed E-state index contributed by atoms with van der Waals surface area (Å²) in [7, 11) is 0. The number of unbranched alkanes of at least 4 members (excludes halogenated alkanes) is 3. The van der Waals surface area contributed by atoms with Gasteiger partial charge < -0.3 is 0 Å². The predicted molar refractivity (Wildman–Crippen MR) is 76.4 cm³/mol. The van der Waals surface area contributed by atoms with Crippen LogP contribution in [0.15, 0.2) is 12.1 Å². The Morgan fingerprint density at radius 2 is 1.65 bits per heavy atom. The summed E-state index contributed by atoms with van der Waals surface area (Å²) < 4.78 is 0. The van der Waals surface area contributed by atoms with Crippen molar-refractivity contribution in [1.82, 2.24) is 0 Å². The molecule has 1 radical (unpaired) electrons. The van der Waals surface area contributed by atoms with Crippen molar-refractivity contribution >= 4 is 0 Å². The smallest absolute Gasteiger partial charge is 0.0274 e. The third-order valence-corrected chi connectivity index (χ3v) is 3.81. The SMILES string of the molecule is [CH]=CCCCCCc1c(C)cc(C)c(C)c1C. The van der Waals surface area contributed by atoms with Crippen molar-refractivity contribution in [1.29, 1.82) is 0 Å². The third kappa shape index (κ3) is 3.73. The molecular formula is C17H25. The molecule has 0 N–H and O–H groups in total. The predicted octanol–water partition coefficient (Wildman–Crippen LogP) is 5.01. The number of hydrogen-bond donors (Lipinski definition) is 0. The summed E-state index contributed by atoms with van der Waals surface area (Å²) in [4.78, 5) is 0. The first-order chi connectivity index (χ1) is 8.07. The van der Waals surface area contributed by atoms with Gasteiger partial charge in [0.15, 0.2) is 0 Å². The van der Waals surface area contributed by atoms with Gasteiger partial charge in [-0.2, -0.15) is 0 Å². The van der Waals surface area contributed by atoms with Crippen molar-refractivity contribution in [2.75, 3.05) is 0 Å². The monoisotopic (exact) mass is 229 g/mol. The van der Waals surface area contributed by atoms with Crippen molar-refractivity contribution < 1.29 is 0 Å². The molecule has 17 heavy (non-hydrogen) atoms. The molecule has 0 aliphatic rings. The van der Waals surface area contributed by atoms with Gasteiger partial charge >= 0.3 is 0 Å². The van der Waals surface area contributed by atoms with Gasteiger partial charge in [-0.15, -0.1) is 0 Å². The maximum Gasteiger partial charge on any atom is -0.0274 e. The summed E-state index contributed by atoms with van der Waals surface area (Å²) in [5, 5.41) is 0. The maximum absolute atomic E-state index is 5.38. The molecule has 0 heteroatoms. The Labute approximate surface area is 107 Å². The van der Waals surface area contributed by atoms with Gasteiger partial charge in [0.05, 0.1) is 0 Å². The lowest BCUT2D eigenvalue weighted by molar-refractivity contribution is 0.683. The lowest BCUT2D eigenvalue weighted by Crippen LogP contribution is -1.99. The van der Waals surface area contributed by atoms with Gasteiger partial charge in [-0.05, 0) is 81.2 Å². The molecule has 0 saturated heterocycles. The van der Waals surface area contributed by atoms with Gasteiger partial charge in [-0.25, -0.2) is 0 Å². The van der Waals surface area contributed by atoms with Crippen LogP contribution in [0.25, 0.3) is 0 Å². The molecular weight excluding hydrogens is 204 g/mol. The molecule has 0 nitrogen and oxygen atoms in total. The zero-order valence-electron chi connectivity index (χ0n) is 11.8. The second-order valence-corrected chi connectivity index (χ2v) is 5.07. The molecule has 0 spiro atoms. The van der Waals surface area contributed by atoms with Crippen molar-refractivity contribution in [3.05, 3.63) is 46.5 Å². The van der Waals surface area contributed by atoms with Crippen LogP contribution >= 0.6 is 0 Å². The Balaban J connectivity index is 2.65. The number of benzene rings is 1. The fraction of sp³-hybridized carbons (Fsp3) is 0.529. The van der Waals surface area contributed by atoms with E-state index in [9.17, 15) is 0 Å². The minimum Gasteiger partial charge on any atom is -0.0845 e. The fourth-order valence-corrected chi connectivity index (χ4v) is 2.46. The van der Waals surface area contributed by atoms with Gasteiger partial charge in [0.1, 0.15) is 0 Å². The normalized spacial score (nSPS) is 10.6. The first-order valence-corrected chi connectivity index (χ1v) is 6.67. The Kier molecular flexibility index (Phi) is 5.47. The molecule has 0 fully saturated rings. The molecule has 0 saturated carbocycles. The second-order valence-electron chi connectivity index (χ2n) is 5.07. The summed E-state index contributed by atoms with van der Waals surface area (Å²) in [6.07, 6.45) is 7.80. The summed E-state index contributed by atoms with van der Waals surface area (Å²) in [5.74, 6) is 0. The summed E-state index contributed by atoms with van der Waals surface area (Å²) in [5.41, 5.74) is 7.39. The highest BCUT2D eigenvalue weighted by Crippen LogP contribution is 2.23. The van der Waals surface area contributed by atoms with Gasteiger partial charge in [0.25, 0.3) is 0 Å². The van der Waals surface area contributed by atoms with E-state index >= 15 is 0 Å². The molecule has 0 amide bonds. The molecule has 1 aromatic carbocycles. The van der Waals surface area contributed by atoms with Crippen LogP contribution in [0.5, 0.6) is 0 Å². The van der Waals surface area contributed by atoms with Crippen LogP contribution in [-0.4, -0.2) is 0 Å². The molecule has 0 bridgehead atoms. The fourth-order valence-electron chi connectivity index (χ4n) is 2.46. The van der Waals surface area contributed by atoms with Gasteiger partial charge in [-0.3, -0.25) is 0 Å². The molecule has 0 aromatic heterocycles. The summed E-state index contributed by atoms with van der Waals surface area (Å²) in [6, 6.07) is 2.32. The topological polar surface area (TPSA) is 0 Å². The first kappa shape index (κ1) is 14.0. The molecule has 0 aliphatic heterocycles. The molecule has 93 valence electrons. The Bertz CT molecular complexity index is 386. The Morgan fingerprint density at radius 3 is 2.29 bits per heavy atom. The van der Waals surface area contributed by atoms with Crippen molar-refractivity contribution in [3.8, 4) is 0 Å². The van der Waals surface area contributed by atoms with Crippen molar-refractivity contribution in [2.45, 2.75) is 59.8 Å². The highest BCUT2D eigenvalue weighted by Gasteiger charge is 2.07. The molecule has 0 aliphatic carbocycles. The zero-order chi connectivity index (χ0) is 12.8. The molecule has 1 rings (SSSR count). The molecule has 0 heterocycles. The summed E-state index contributed by atoms with van der Waals surface area (Å²) >= 11 is 0. The number of allylic oxidation sites excluding steroid dienone is 1. The van der Waals surface area contributed by atoms with Gasteiger partial charge in [0, 0.05) is 0 Å². The molecule has 0 unspecified atom stereocenters. The van der Waals surface area contributed by atoms with E-state index in [1.165, 1.54) is 47.9 Å². The number of rotatable bonds is 6. The minimum absolute atomic E-state index is 1.05. The van der Waals surface area contributed by atoms with E-state index in [-0.39, 0.29) is 0 Å². The van der Waals surface area contributed by atoms with E-state index in [4.69, 9.17) is 6.58 Å². The average Bonchev–Trinajstić information content (AvgIpc) is 2.30. The standard InChI is InChI=1S/C17H25/c1-6-7-8-9-10-11-17-14(3)12-13(2)15(4)16(17)5/h1,6,12H,7-11H2,2-5H3.